The number of ether oxygens (including phenoxy) is 2. The van der Waals surface area contributed by atoms with Crippen molar-refractivity contribution in [3.63, 3.8) is 0 Å². The molecule has 1 aliphatic carbocycles. The Morgan fingerprint density at radius 3 is 2.54 bits per heavy atom. The van der Waals surface area contributed by atoms with Crippen LogP contribution in [0.15, 0.2) is 83.6 Å². The molecule has 0 bridgehead atoms. The summed E-state index contributed by atoms with van der Waals surface area (Å²) in [5.74, 6) is 1.67. The van der Waals surface area contributed by atoms with Crippen LogP contribution in [0, 0.1) is 22.2 Å². The molecule has 4 rings (SSSR count). The van der Waals surface area contributed by atoms with E-state index >= 15 is 0 Å². The Bertz CT molecular complexity index is 1670. The van der Waals surface area contributed by atoms with E-state index in [0.717, 1.165) is 11.1 Å². The molecule has 11 nitrogen and oxygen atoms in total. The minimum atomic E-state index is -0.428. The third kappa shape index (κ3) is 8.85. The highest BCUT2D eigenvalue weighted by atomic mass is 16.5. The van der Waals surface area contributed by atoms with Gasteiger partial charge in [-0.1, -0.05) is 65.0 Å². The number of hydrogen-bond donors (Lipinski definition) is 6. The van der Waals surface area contributed by atoms with Crippen LogP contribution < -0.4 is 31.3 Å². The predicted molar refractivity (Wildman–Crippen MR) is 180 cm³/mol. The highest BCUT2D eigenvalue weighted by molar-refractivity contribution is 6.05. The van der Waals surface area contributed by atoms with Gasteiger partial charge in [-0.25, -0.2) is 9.79 Å². The third-order valence-electron chi connectivity index (χ3n) is 7.57. The molecule has 1 heterocycles. The molecule has 2 unspecified atom stereocenters. The van der Waals surface area contributed by atoms with E-state index < -0.39 is 6.03 Å². The first kappa shape index (κ1) is 34.0. The molecule has 7 N–H and O–H groups in total. The minimum Gasteiger partial charge on any atom is -0.491 e. The van der Waals surface area contributed by atoms with Gasteiger partial charge in [-0.3, -0.25) is 20.7 Å². The molecule has 1 aliphatic rings. The van der Waals surface area contributed by atoms with Gasteiger partial charge in [0.2, 0.25) is 0 Å². The number of aliphatic hydroxyl groups is 1. The van der Waals surface area contributed by atoms with Crippen LogP contribution in [-0.2, 0) is 0 Å². The average molecular weight is 628 g/mol. The number of carbonyl (C=O) groups excluding carboxylic acids is 1. The van der Waals surface area contributed by atoms with Gasteiger partial charge in [-0.15, -0.1) is 0 Å². The van der Waals surface area contributed by atoms with Crippen LogP contribution in [0.1, 0.15) is 70.7 Å². The Labute approximate surface area is 270 Å². The number of rotatable bonds is 9. The Hall–Kier alpha value is -4.90. The molecule has 11 heteroatoms. The zero-order chi connectivity index (χ0) is 33.4. The van der Waals surface area contributed by atoms with E-state index in [2.05, 4.69) is 15.6 Å². The quantitative estimate of drug-likeness (QED) is 0.132. The van der Waals surface area contributed by atoms with Crippen LogP contribution in [0.3, 0.4) is 0 Å². The lowest BCUT2D eigenvalue weighted by atomic mass is 9.85. The summed E-state index contributed by atoms with van der Waals surface area (Å²) >= 11 is 0. The number of urea groups is 1. The van der Waals surface area contributed by atoms with Crippen LogP contribution >= 0.6 is 0 Å². The molecule has 0 saturated carbocycles. The topological polar surface area (TPSA) is 171 Å². The van der Waals surface area contributed by atoms with Gasteiger partial charge in [-0.05, 0) is 48.2 Å². The van der Waals surface area contributed by atoms with Crippen molar-refractivity contribution >= 4 is 23.4 Å². The molecule has 0 aliphatic heterocycles. The second-order valence-electron chi connectivity index (χ2n) is 12.5. The predicted octanol–water partition coefficient (Wildman–Crippen LogP) is 5.69. The number of hydrogen-bond acceptors (Lipinski definition) is 8. The normalized spacial score (nSPS) is 16.8. The van der Waals surface area contributed by atoms with E-state index in [0.29, 0.717) is 41.6 Å². The van der Waals surface area contributed by atoms with Gasteiger partial charge in [0.15, 0.2) is 0 Å². The molecule has 1 aromatic heterocycles. The second kappa shape index (κ2) is 14.9. The highest BCUT2D eigenvalue weighted by Gasteiger charge is 2.30. The van der Waals surface area contributed by atoms with Crippen molar-refractivity contribution in [1.82, 2.24) is 15.2 Å². The molecular weight excluding hydrogens is 582 g/mol. The molecule has 0 radical (unpaired) electrons. The molecule has 244 valence electrons. The van der Waals surface area contributed by atoms with Crippen molar-refractivity contribution in [2.75, 3.05) is 13.2 Å². The molecule has 0 saturated heterocycles. The number of fused-ring (bicyclic) bond motifs is 1. The summed E-state index contributed by atoms with van der Waals surface area (Å²) in [6.45, 7) is 9.82. The first-order chi connectivity index (χ1) is 21.8. The van der Waals surface area contributed by atoms with Crippen LogP contribution in [0.4, 0.5) is 10.5 Å². The fraction of sp³-hybridized carbons (Fsp3) is 0.371. The van der Waals surface area contributed by atoms with Crippen molar-refractivity contribution in [2.45, 2.75) is 59.6 Å². The number of carbonyl (C=O) groups is 1. The average Bonchev–Trinajstić information content (AvgIpc) is 3.01. The zero-order valence-electron chi connectivity index (χ0n) is 27.1. The van der Waals surface area contributed by atoms with E-state index in [1.165, 1.54) is 4.57 Å². The summed E-state index contributed by atoms with van der Waals surface area (Å²) in [6.07, 6.45) is 4.36. The number of allylic oxidation sites excluding steroid dienone is 1. The van der Waals surface area contributed by atoms with E-state index in [1.807, 2.05) is 58.9 Å². The van der Waals surface area contributed by atoms with Crippen molar-refractivity contribution in [2.24, 2.45) is 22.1 Å². The van der Waals surface area contributed by atoms with Gasteiger partial charge < -0.3 is 25.6 Å². The number of nitrogens with one attached hydrogen (secondary N) is 4. The fourth-order valence-electron chi connectivity index (χ4n) is 4.93. The van der Waals surface area contributed by atoms with Crippen molar-refractivity contribution < 1.29 is 19.4 Å². The maximum absolute atomic E-state index is 13.4. The van der Waals surface area contributed by atoms with Gasteiger partial charge in [0.25, 0.3) is 0 Å². The lowest BCUT2D eigenvalue weighted by molar-refractivity contribution is 0.171. The summed E-state index contributed by atoms with van der Waals surface area (Å²) in [5, 5.41) is 31.7. The first-order valence-electron chi connectivity index (χ1n) is 15.4. The largest absolute Gasteiger partial charge is 0.491 e. The molecule has 3 aromatic rings. The molecule has 0 spiro atoms. The lowest BCUT2D eigenvalue weighted by Crippen LogP contribution is -2.42. The molecule has 2 aromatic carbocycles. The first-order valence-corrected chi connectivity index (χ1v) is 15.4. The molecule has 2 amide bonds. The maximum atomic E-state index is 13.4. The molecular formula is C35H45N7O4. The summed E-state index contributed by atoms with van der Waals surface area (Å²) in [7, 11) is 0. The molecule has 0 fully saturated rings. The summed E-state index contributed by atoms with van der Waals surface area (Å²) < 4.78 is 13.5. The number of aliphatic imine (C=N–C) groups is 1. The van der Waals surface area contributed by atoms with Crippen molar-refractivity contribution in [3.8, 4) is 11.5 Å². The van der Waals surface area contributed by atoms with E-state index in [1.54, 1.807) is 48.7 Å². The second-order valence-corrected chi connectivity index (χ2v) is 12.5. The summed E-state index contributed by atoms with van der Waals surface area (Å²) in [5.41, 5.74) is 9.25. The molecule has 2 atom stereocenters. The number of benzene rings is 2. The number of amidine groups is 1. The number of pyridine rings is 1. The monoisotopic (exact) mass is 627 g/mol. The Morgan fingerprint density at radius 1 is 1.11 bits per heavy atom. The van der Waals surface area contributed by atoms with Crippen molar-refractivity contribution in [3.05, 3.63) is 95.2 Å². The number of aromatic nitrogens is 1. The third-order valence-corrected chi connectivity index (χ3v) is 7.57. The zero-order valence-corrected chi connectivity index (χ0v) is 27.1. The van der Waals surface area contributed by atoms with Gasteiger partial charge in [0.05, 0.1) is 24.5 Å². The smallest absolute Gasteiger partial charge is 0.320 e. The van der Waals surface area contributed by atoms with E-state index in [-0.39, 0.29) is 48.0 Å². The number of aliphatic hydroxyl groups excluding tert-OH is 1. The van der Waals surface area contributed by atoms with E-state index in [9.17, 15) is 4.79 Å². The number of amides is 2. The van der Waals surface area contributed by atoms with Crippen LogP contribution in [-0.4, -0.2) is 40.6 Å². The van der Waals surface area contributed by atoms with Gasteiger partial charge in [0, 0.05) is 29.2 Å². The Balaban J connectivity index is 1.54. The summed E-state index contributed by atoms with van der Waals surface area (Å²) in [4.78, 5) is 18.1. The highest BCUT2D eigenvalue weighted by Crippen LogP contribution is 2.38. The van der Waals surface area contributed by atoms with Gasteiger partial charge >= 0.3 is 6.03 Å². The van der Waals surface area contributed by atoms with Crippen LogP contribution in [0.5, 0.6) is 11.5 Å². The Morgan fingerprint density at radius 2 is 1.85 bits per heavy atom. The van der Waals surface area contributed by atoms with Crippen LogP contribution in [0.25, 0.3) is 0 Å². The standard InChI is InChI=1S/C35H45N7O4/c1-22(2)33(38)42-21-25(13-16-31(42)37)46-29-15-14-28(26-11-6-7-12-27(26)29)40-34(44)41-32(20-30(36)35(3,4)5)39-23-9-8-10-24(19-23)45-18-17-43/h6-13,16,19-22,28-29,37-38,43H,14-15,17-18,36H2,1-5H3,(H2,39,40,41,44)/b30-20-,37-31?,38-33?. The fourth-order valence-corrected chi connectivity index (χ4v) is 4.93. The van der Waals surface area contributed by atoms with Gasteiger partial charge in [-0.2, -0.15) is 0 Å². The number of nitrogens with two attached hydrogens (primary N) is 1. The maximum Gasteiger partial charge on any atom is 0.320 e. The summed E-state index contributed by atoms with van der Waals surface area (Å²) in [6, 6.07) is 17.6. The van der Waals surface area contributed by atoms with Crippen molar-refractivity contribution in [1.29, 1.82) is 10.8 Å². The Kier molecular flexibility index (Phi) is 11.0. The number of nitrogens with zero attached hydrogens (tertiary/aromatic N) is 2. The lowest BCUT2D eigenvalue weighted by Gasteiger charge is -2.32. The minimum absolute atomic E-state index is 0.0419. The van der Waals surface area contributed by atoms with E-state index in [4.69, 9.17) is 31.1 Å². The SMILES string of the molecule is CC(C)C(=N)n1cc(OC2CCC(NC(=O)NC(/C=C(\N)C(C)(C)C)=Nc3cccc(OCCO)c3)c3ccccc32)ccc1=N. The van der Waals surface area contributed by atoms with Crippen LogP contribution in [0.2, 0.25) is 0 Å². The van der Waals surface area contributed by atoms with Gasteiger partial charge in [0.1, 0.15) is 41.4 Å². The molecule has 46 heavy (non-hydrogen) atoms.